The summed E-state index contributed by atoms with van der Waals surface area (Å²) in [7, 11) is 0. The molecule has 0 aliphatic rings. The fraction of sp³-hybridized carbons (Fsp3) is 0.304. The first-order valence-corrected chi connectivity index (χ1v) is 9.57. The number of nitro benzene ring substituents is 1. The maximum atomic E-state index is 10.8. The lowest BCUT2D eigenvalue weighted by Gasteiger charge is -2.25. The van der Waals surface area contributed by atoms with Gasteiger partial charge in [0, 0.05) is 18.1 Å². The van der Waals surface area contributed by atoms with Crippen molar-refractivity contribution in [1.29, 1.82) is 0 Å². The van der Waals surface area contributed by atoms with E-state index >= 15 is 0 Å². The first-order chi connectivity index (χ1) is 13.8. The molecule has 2 aromatic rings. The molecule has 0 fully saturated rings. The molecule has 0 saturated heterocycles. The van der Waals surface area contributed by atoms with Crippen molar-refractivity contribution in [1.82, 2.24) is 0 Å². The van der Waals surface area contributed by atoms with Crippen LogP contribution in [0, 0.1) is 16.0 Å². The smallest absolute Gasteiger partial charge is 0.269 e. The Morgan fingerprint density at radius 3 is 2.45 bits per heavy atom. The first-order valence-electron chi connectivity index (χ1n) is 9.57. The van der Waals surface area contributed by atoms with Gasteiger partial charge in [-0.2, -0.15) is 0 Å². The summed E-state index contributed by atoms with van der Waals surface area (Å²) in [5, 5.41) is 41.6. The predicted molar refractivity (Wildman–Crippen MR) is 113 cm³/mol. The number of phenolic OH excluding ortho intramolecular Hbond substituents is 1. The Bertz CT molecular complexity index is 860. The molecule has 3 N–H and O–H groups in total. The summed E-state index contributed by atoms with van der Waals surface area (Å²) >= 11 is 0. The molecule has 0 heterocycles. The van der Waals surface area contributed by atoms with Gasteiger partial charge in [0.15, 0.2) is 0 Å². The SMILES string of the molecule is C=C[C@H]([C@H](O)CC/C(=C/c1cccc(O)c1)CC)[C@H](O)c1ccc([N+](=O)[O-])cc1. The third kappa shape index (κ3) is 6.27. The molecule has 0 saturated carbocycles. The molecular weight excluding hydrogens is 370 g/mol. The van der Waals surface area contributed by atoms with Crippen molar-refractivity contribution in [2.45, 2.75) is 38.4 Å². The van der Waals surface area contributed by atoms with Crippen LogP contribution < -0.4 is 0 Å². The zero-order chi connectivity index (χ0) is 21.4. The van der Waals surface area contributed by atoms with E-state index in [1.165, 1.54) is 30.3 Å². The number of aliphatic hydroxyl groups is 2. The van der Waals surface area contributed by atoms with Crippen LogP contribution >= 0.6 is 0 Å². The van der Waals surface area contributed by atoms with Crippen molar-refractivity contribution >= 4 is 11.8 Å². The molecule has 6 nitrogen and oxygen atoms in total. The Morgan fingerprint density at radius 1 is 1.21 bits per heavy atom. The van der Waals surface area contributed by atoms with Gasteiger partial charge < -0.3 is 15.3 Å². The molecule has 3 atom stereocenters. The molecule has 29 heavy (non-hydrogen) atoms. The molecule has 0 unspecified atom stereocenters. The molecule has 0 aliphatic heterocycles. The topological polar surface area (TPSA) is 104 Å². The van der Waals surface area contributed by atoms with Gasteiger partial charge >= 0.3 is 0 Å². The molecule has 0 aliphatic carbocycles. The Labute approximate surface area is 170 Å². The molecule has 2 aromatic carbocycles. The van der Waals surface area contributed by atoms with E-state index in [0.717, 1.165) is 17.6 Å². The van der Waals surface area contributed by atoms with Gasteiger partial charge in [0.25, 0.3) is 5.69 Å². The van der Waals surface area contributed by atoms with Crippen molar-refractivity contribution < 1.29 is 20.2 Å². The summed E-state index contributed by atoms with van der Waals surface area (Å²) in [5.74, 6) is -0.400. The Balaban J connectivity index is 2.05. The van der Waals surface area contributed by atoms with Crippen molar-refractivity contribution in [2.75, 3.05) is 0 Å². The van der Waals surface area contributed by atoms with E-state index in [-0.39, 0.29) is 11.4 Å². The average Bonchev–Trinajstić information content (AvgIpc) is 2.71. The van der Waals surface area contributed by atoms with Gasteiger partial charge in [0.2, 0.25) is 0 Å². The summed E-state index contributed by atoms with van der Waals surface area (Å²) in [4.78, 5) is 10.3. The number of benzene rings is 2. The van der Waals surface area contributed by atoms with Crippen molar-refractivity contribution in [2.24, 2.45) is 5.92 Å². The first kappa shape index (κ1) is 22.3. The van der Waals surface area contributed by atoms with Gasteiger partial charge in [-0.1, -0.05) is 36.8 Å². The average molecular weight is 397 g/mol. The number of aromatic hydroxyl groups is 1. The Morgan fingerprint density at radius 2 is 1.90 bits per heavy atom. The lowest BCUT2D eigenvalue weighted by molar-refractivity contribution is -0.384. The zero-order valence-electron chi connectivity index (χ0n) is 16.4. The van der Waals surface area contributed by atoms with Crippen molar-refractivity contribution in [3.05, 3.63) is 88.0 Å². The van der Waals surface area contributed by atoms with Crippen molar-refractivity contribution in [3.63, 3.8) is 0 Å². The highest BCUT2D eigenvalue weighted by molar-refractivity contribution is 5.54. The second-order valence-corrected chi connectivity index (χ2v) is 6.96. The minimum atomic E-state index is -1.01. The minimum absolute atomic E-state index is 0.0543. The number of phenols is 1. The van der Waals surface area contributed by atoms with Gasteiger partial charge in [-0.3, -0.25) is 10.1 Å². The highest BCUT2D eigenvalue weighted by atomic mass is 16.6. The standard InChI is InChI=1S/C23H27NO5/c1-3-16(14-17-6-5-7-20(25)15-17)8-13-22(26)21(4-2)23(27)18-9-11-19(12-10-18)24(28)29/h4-7,9-12,14-15,21-23,25-27H,2-3,8,13H2,1H3/b16-14+/t21-,22-,23-/m1/s1. The van der Waals surface area contributed by atoms with E-state index in [0.29, 0.717) is 18.4 Å². The van der Waals surface area contributed by atoms with Crippen LogP contribution in [0.1, 0.15) is 43.4 Å². The summed E-state index contributed by atoms with van der Waals surface area (Å²) in [6, 6.07) is 12.6. The normalized spacial score (nSPS) is 14.8. The molecule has 0 spiro atoms. The van der Waals surface area contributed by atoms with Gasteiger partial charge in [0.1, 0.15) is 5.75 Å². The number of nitrogens with zero attached hydrogens (tertiary/aromatic N) is 1. The summed E-state index contributed by atoms with van der Waals surface area (Å²) < 4.78 is 0. The molecular formula is C23H27NO5. The van der Waals surface area contributed by atoms with Crippen LogP contribution in [0.15, 0.2) is 66.8 Å². The number of hydrogen-bond acceptors (Lipinski definition) is 5. The quantitative estimate of drug-likeness (QED) is 0.304. The van der Waals surface area contributed by atoms with Crippen molar-refractivity contribution in [3.8, 4) is 5.75 Å². The molecule has 154 valence electrons. The number of non-ortho nitro benzene ring substituents is 1. The Hall–Kier alpha value is -2.96. The largest absolute Gasteiger partial charge is 0.508 e. The number of rotatable bonds is 10. The van der Waals surface area contributed by atoms with Crippen LogP contribution in [0.2, 0.25) is 0 Å². The fourth-order valence-electron chi connectivity index (χ4n) is 3.24. The molecule has 0 bridgehead atoms. The molecule has 0 radical (unpaired) electrons. The molecule has 0 aromatic heterocycles. The lowest BCUT2D eigenvalue weighted by atomic mass is 9.87. The second-order valence-electron chi connectivity index (χ2n) is 6.96. The zero-order valence-corrected chi connectivity index (χ0v) is 16.4. The van der Waals surface area contributed by atoms with E-state index in [2.05, 4.69) is 6.58 Å². The van der Waals surface area contributed by atoms with Crippen LogP contribution in [-0.2, 0) is 0 Å². The number of nitro groups is 1. The number of aliphatic hydroxyl groups excluding tert-OH is 2. The van der Waals surface area contributed by atoms with Crippen LogP contribution in [0.3, 0.4) is 0 Å². The molecule has 6 heteroatoms. The summed E-state index contributed by atoms with van der Waals surface area (Å²) in [6.07, 6.45) is 3.53. The van der Waals surface area contributed by atoms with Crippen LogP contribution in [0.5, 0.6) is 5.75 Å². The Kier molecular flexibility index (Phi) is 8.12. The monoisotopic (exact) mass is 397 g/mol. The fourth-order valence-corrected chi connectivity index (χ4v) is 3.24. The van der Waals surface area contributed by atoms with E-state index < -0.39 is 23.0 Å². The van der Waals surface area contributed by atoms with E-state index in [1.807, 2.05) is 19.1 Å². The van der Waals surface area contributed by atoms with Gasteiger partial charge in [-0.05, 0) is 54.7 Å². The number of hydrogen-bond donors (Lipinski definition) is 3. The third-order valence-corrected chi connectivity index (χ3v) is 4.98. The maximum absolute atomic E-state index is 10.8. The number of allylic oxidation sites excluding steroid dienone is 1. The maximum Gasteiger partial charge on any atom is 0.269 e. The minimum Gasteiger partial charge on any atom is -0.508 e. The van der Waals surface area contributed by atoms with Gasteiger partial charge in [-0.15, -0.1) is 6.58 Å². The highest BCUT2D eigenvalue weighted by Crippen LogP contribution is 2.30. The van der Waals surface area contributed by atoms with Crippen LogP contribution in [0.4, 0.5) is 5.69 Å². The second kappa shape index (κ2) is 10.5. The van der Waals surface area contributed by atoms with Crippen LogP contribution in [0.25, 0.3) is 6.08 Å². The van der Waals surface area contributed by atoms with Gasteiger partial charge in [-0.25, -0.2) is 0 Å². The molecule has 0 amide bonds. The third-order valence-electron chi connectivity index (χ3n) is 4.98. The van der Waals surface area contributed by atoms with E-state index in [1.54, 1.807) is 18.2 Å². The lowest BCUT2D eigenvalue weighted by Crippen LogP contribution is -2.25. The summed E-state index contributed by atoms with van der Waals surface area (Å²) in [5.41, 5.74) is 2.44. The van der Waals surface area contributed by atoms with Crippen LogP contribution in [-0.4, -0.2) is 26.3 Å². The van der Waals surface area contributed by atoms with Gasteiger partial charge in [0.05, 0.1) is 17.1 Å². The van der Waals surface area contributed by atoms with E-state index in [4.69, 9.17) is 0 Å². The summed E-state index contributed by atoms with van der Waals surface area (Å²) in [6.45, 7) is 5.75. The van der Waals surface area contributed by atoms with E-state index in [9.17, 15) is 25.4 Å². The highest BCUT2D eigenvalue weighted by Gasteiger charge is 2.26. The predicted octanol–water partition coefficient (Wildman–Crippen LogP) is 4.77. The molecule has 2 rings (SSSR count).